The zero-order chi connectivity index (χ0) is 14.3. The smallest absolute Gasteiger partial charge is 0.375 e. The minimum Gasteiger partial charge on any atom is -0.462 e. The molecule has 1 heterocycles. The summed E-state index contributed by atoms with van der Waals surface area (Å²) in [4.78, 5) is 12.0. The maximum atomic E-state index is 12.7. The lowest BCUT2D eigenvalue weighted by Gasteiger charge is -2.19. The Morgan fingerprint density at radius 3 is 2.05 bits per heavy atom. The van der Waals surface area contributed by atoms with Gasteiger partial charge in [-0.05, 0) is 20.8 Å². The van der Waals surface area contributed by atoms with E-state index >= 15 is 0 Å². The van der Waals surface area contributed by atoms with Crippen molar-refractivity contribution in [3.8, 4) is 0 Å². The van der Waals surface area contributed by atoms with Gasteiger partial charge in [0.15, 0.2) is 0 Å². The minimum absolute atomic E-state index is 0.119. The van der Waals surface area contributed by atoms with Gasteiger partial charge in [-0.3, -0.25) is 4.57 Å². The van der Waals surface area contributed by atoms with E-state index in [9.17, 15) is 9.36 Å². The molecule has 0 radical (unpaired) electrons. The van der Waals surface area contributed by atoms with Crippen molar-refractivity contribution in [2.45, 2.75) is 20.8 Å². The predicted octanol–water partition coefficient (Wildman–Crippen LogP) is 2.03. The van der Waals surface area contributed by atoms with E-state index in [4.69, 9.17) is 23.3 Å². The molecule has 1 fully saturated rings. The van der Waals surface area contributed by atoms with Crippen LogP contribution in [0.25, 0.3) is 0 Å². The zero-order valence-electron chi connectivity index (χ0n) is 11.3. The van der Waals surface area contributed by atoms with Crippen LogP contribution in [0.5, 0.6) is 0 Å². The molecule has 110 valence electrons. The molecule has 1 rings (SSSR count). The van der Waals surface area contributed by atoms with Crippen LogP contribution in [0.3, 0.4) is 0 Å². The highest BCUT2D eigenvalue weighted by Crippen LogP contribution is 2.58. The first-order valence-electron chi connectivity index (χ1n) is 6.15. The van der Waals surface area contributed by atoms with Gasteiger partial charge in [0.1, 0.15) is 13.2 Å². The third kappa shape index (κ3) is 3.96. The van der Waals surface area contributed by atoms with E-state index in [2.05, 4.69) is 0 Å². The molecule has 0 bridgehead atoms. The van der Waals surface area contributed by atoms with Crippen LogP contribution in [0.15, 0.2) is 11.3 Å². The Morgan fingerprint density at radius 2 is 1.63 bits per heavy atom. The average molecular weight is 294 g/mol. The van der Waals surface area contributed by atoms with Crippen molar-refractivity contribution >= 4 is 13.6 Å². The Balaban J connectivity index is 3.17. The van der Waals surface area contributed by atoms with Crippen LogP contribution in [-0.2, 0) is 32.6 Å². The summed E-state index contributed by atoms with van der Waals surface area (Å²) >= 11 is 0. The first-order valence-corrected chi connectivity index (χ1v) is 7.70. The second-order valence-corrected chi connectivity index (χ2v) is 5.35. The Bertz CT molecular complexity index is 373. The lowest BCUT2D eigenvalue weighted by Crippen LogP contribution is -2.14. The Hall–Kier alpha value is -1.04. The summed E-state index contributed by atoms with van der Waals surface area (Å²) in [6, 6.07) is 0. The van der Waals surface area contributed by atoms with Crippen LogP contribution in [0.2, 0.25) is 0 Å². The fourth-order valence-corrected chi connectivity index (χ4v) is 3.11. The van der Waals surface area contributed by atoms with Gasteiger partial charge in [-0.25, -0.2) is 4.79 Å². The van der Waals surface area contributed by atoms with Gasteiger partial charge >= 0.3 is 19.5 Å². The van der Waals surface area contributed by atoms with Crippen LogP contribution in [0.1, 0.15) is 20.8 Å². The lowest BCUT2D eigenvalue weighted by molar-refractivity contribution is -0.138. The van der Waals surface area contributed by atoms with E-state index in [1.54, 1.807) is 20.8 Å². The molecule has 0 aromatic carbocycles. The maximum Gasteiger partial charge on any atom is 0.375 e. The fourth-order valence-electron chi connectivity index (χ4n) is 1.46. The molecule has 0 aromatic rings. The van der Waals surface area contributed by atoms with Crippen LogP contribution < -0.4 is 0 Å². The summed E-state index contributed by atoms with van der Waals surface area (Å²) in [7, 11) is -3.81. The number of hydrogen-bond acceptors (Lipinski definition) is 7. The molecule has 0 N–H and O–H groups in total. The molecule has 1 aliphatic rings. The minimum atomic E-state index is -3.81. The summed E-state index contributed by atoms with van der Waals surface area (Å²) in [6.07, 6.45) is 0. The molecule has 0 unspecified atom stereocenters. The molecule has 0 saturated carbocycles. The molecule has 0 aliphatic carbocycles. The van der Waals surface area contributed by atoms with E-state index in [-0.39, 0.29) is 44.3 Å². The van der Waals surface area contributed by atoms with E-state index in [1.165, 1.54) is 0 Å². The van der Waals surface area contributed by atoms with Crippen molar-refractivity contribution in [1.29, 1.82) is 0 Å². The monoisotopic (exact) mass is 294 g/mol. The van der Waals surface area contributed by atoms with Gasteiger partial charge in [-0.15, -0.1) is 0 Å². The Morgan fingerprint density at radius 1 is 1.11 bits per heavy atom. The first-order chi connectivity index (χ1) is 9.09. The maximum absolute atomic E-state index is 12.7. The number of carbonyl (C=O) groups is 1. The fraction of sp³-hybridized carbons (Fsp3) is 0.727. The highest BCUT2D eigenvalue weighted by atomic mass is 31.2. The second kappa shape index (κ2) is 7.53. The van der Waals surface area contributed by atoms with Gasteiger partial charge in [0.05, 0.1) is 19.8 Å². The van der Waals surface area contributed by atoms with Gasteiger partial charge in [0, 0.05) is 0 Å². The Kier molecular flexibility index (Phi) is 6.34. The summed E-state index contributed by atoms with van der Waals surface area (Å²) in [6.45, 7) is 5.86. The molecule has 19 heavy (non-hydrogen) atoms. The van der Waals surface area contributed by atoms with Crippen LogP contribution in [0, 0.1) is 0 Å². The van der Waals surface area contributed by atoms with Gasteiger partial charge in [-0.1, -0.05) is 0 Å². The van der Waals surface area contributed by atoms with Crippen molar-refractivity contribution < 1.29 is 32.6 Å². The molecular formula is C11H19O7P. The SMILES string of the molecule is CCOC(=O)C(=C1OCCO1)P(=O)(OCC)OCC. The van der Waals surface area contributed by atoms with Crippen LogP contribution in [0.4, 0.5) is 0 Å². The molecule has 1 aliphatic heterocycles. The largest absolute Gasteiger partial charge is 0.462 e. The molecule has 0 aromatic heterocycles. The third-order valence-corrected chi connectivity index (χ3v) is 4.19. The normalized spacial score (nSPS) is 14.8. The van der Waals surface area contributed by atoms with Gasteiger partial charge in [0.2, 0.25) is 5.31 Å². The summed E-state index contributed by atoms with van der Waals surface area (Å²) in [5.41, 5.74) is 0. The van der Waals surface area contributed by atoms with Crippen molar-refractivity contribution in [2.75, 3.05) is 33.0 Å². The van der Waals surface area contributed by atoms with E-state index in [0.717, 1.165) is 0 Å². The summed E-state index contributed by atoms with van der Waals surface area (Å²) in [5, 5.41) is -0.310. The molecule has 0 spiro atoms. The summed E-state index contributed by atoms with van der Waals surface area (Å²) < 4.78 is 38.1. The van der Waals surface area contributed by atoms with Crippen LogP contribution in [-0.4, -0.2) is 39.0 Å². The standard InChI is InChI=1S/C11H19O7P/c1-4-14-10(12)9(11-15-7-8-16-11)19(13,17-5-2)18-6-3/h4-8H2,1-3H3. The van der Waals surface area contributed by atoms with Crippen molar-refractivity contribution in [3.05, 3.63) is 11.3 Å². The Labute approximate surface area is 112 Å². The molecule has 0 amide bonds. The molecule has 7 nitrogen and oxygen atoms in total. The number of esters is 1. The van der Waals surface area contributed by atoms with Gasteiger partial charge in [-0.2, -0.15) is 0 Å². The summed E-state index contributed by atoms with van der Waals surface area (Å²) in [5.74, 6) is -0.951. The second-order valence-electron chi connectivity index (χ2n) is 3.39. The number of carbonyl (C=O) groups excluding carboxylic acids is 1. The highest BCUT2D eigenvalue weighted by Gasteiger charge is 2.42. The predicted molar refractivity (Wildman–Crippen MR) is 66.4 cm³/mol. The van der Waals surface area contributed by atoms with Crippen LogP contribution >= 0.6 is 7.60 Å². The highest BCUT2D eigenvalue weighted by molar-refractivity contribution is 7.60. The third-order valence-electron chi connectivity index (χ3n) is 2.08. The number of ether oxygens (including phenoxy) is 3. The molecule has 8 heteroatoms. The van der Waals surface area contributed by atoms with Crippen molar-refractivity contribution in [1.82, 2.24) is 0 Å². The van der Waals surface area contributed by atoms with E-state index in [0.29, 0.717) is 0 Å². The quantitative estimate of drug-likeness (QED) is 0.403. The topological polar surface area (TPSA) is 80.3 Å². The molecular weight excluding hydrogens is 275 g/mol. The van der Waals surface area contributed by atoms with E-state index < -0.39 is 13.6 Å². The number of rotatable bonds is 7. The van der Waals surface area contributed by atoms with Crippen molar-refractivity contribution in [2.24, 2.45) is 0 Å². The first kappa shape index (κ1) is 16.0. The molecule has 0 atom stereocenters. The number of hydrogen-bond donors (Lipinski definition) is 0. The van der Waals surface area contributed by atoms with Gasteiger partial charge < -0.3 is 23.3 Å². The van der Waals surface area contributed by atoms with Crippen molar-refractivity contribution in [3.63, 3.8) is 0 Å². The lowest BCUT2D eigenvalue weighted by atomic mass is 10.6. The van der Waals surface area contributed by atoms with Gasteiger partial charge in [0.25, 0.3) is 0 Å². The zero-order valence-corrected chi connectivity index (χ0v) is 12.2. The van der Waals surface area contributed by atoms with E-state index in [1.807, 2.05) is 0 Å². The molecule has 1 saturated heterocycles. The average Bonchev–Trinajstić information content (AvgIpc) is 2.83.